The van der Waals surface area contributed by atoms with Crippen molar-refractivity contribution in [2.24, 2.45) is 0 Å². The second-order valence-electron chi connectivity index (χ2n) is 8.97. The molecule has 6 nitrogen and oxygen atoms in total. The predicted octanol–water partition coefficient (Wildman–Crippen LogP) is 7.42. The standard InChI is InChI=1S/C28H25Cl2N5OS/c1-16-10-11-23(17(2)12-16)32-26(36)24-18(3)31-27-33-28(37-15-19-6-4-8-21(29)13-19)34-35(27)25(24)20-7-5-9-22(30)14-20/h4-14,25H,15H2,1-3H3,(H,32,36)(H,31,33,34). The van der Waals surface area contributed by atoms with Crippen molar-refractivity contribution in [3.05, 3.63) is 110 Å². The molecule has 2 N–H and O–H groups in total. The van der Waals surface area contributed by atoms with Crippen molar-refractivity contribution in [1.29, 1.82) is 0 Å². The predicted molar refractivity (Wildman–Crippen MR) is 151 cm³/mol. The molecule has 0 saturated carbocycles. The summed E-state index contributed by atoms with van der Waals surface area (Å²) >= 11 is 14.0. The molecule has 0 fully saturated rings. The van der Waals surface area contributed by atoms with Gasteiger partial charge in [-0.3, -0.25) is 4.79 Å². The zero-order chi connectivity index (χ0) is 26.1. The largest absolute Gasteiger partial charge is 0.328 e. The number of halogens is 2. The number of rotatable bonds is 6. The van der Waals surface area contributed by atoms with Crippen LogP contribution in [0.5, 0.6) is 0 Å². The molecule has 188 valence electrons. The summed E-state index contributed by atoms with van der Waals surface area (Å²) in [6.45, 7) is 5.89. The molecule has 4 aromatic rings. The number of amides is 1. The van der Waals surface area contributed by atoms with Gasteiger partial charge in [-0.05, 0) is 67.8 Å². The van der Waals surface area contributed by atoms with Crippen molar-refractivity contribution in [2.45, 2.75) is 37.7 Å². The first-order chi connectivity index (χ1) is 17.8. The van der Waals surface area contributed by atoms with Crippen molar-refractivity contribution in [3.8, 4) is 0 Å². The molecule has 2 heterocycles. The van der Waals surface area contributed by atoms with E-state index in [2.05, 4.69) is 10.6 Å². The summed E-state index contributed by atoms with van der Waals surface area (Å²) in [5, 5.41) is 13.0. The number of aromatic nitrogens is 3. The van der Waals surface area contributed by atoms with Gasteiger partial charge in [0.25, 0.3) is 5.91 Å². The van der Waals surface area contributed by atoms with Gasteiger partial charge in [-0.15, -0.1) is 5.10 Å². The average Bonchev–Trinajstić information content (AvgIpc) is 3.26. The molecule has 3 aromatic carbocycles. The van der Waals surface area contributed by atoms with Gasteiger partial charge in [-0.1, -0.05) is 76.9 Å². The lowest BCUT2D eigenvalue weighted by Gasteiger charge is -2.29. The van der Waals surface area contributed by atoms with Gasteiger partial charge in [0.1, 0.15) is 6.04 Å². The third-order valence-electron chi connectivity index (χ3n) is 6.13. The number of nitrogens with one attached hydrogen (secondary N) is 2. The molecule has 9 heteroatoms. The number of aryl methyl sites for hydroxylation is 2. The number of carbonyl (C=O) groups is 1. The lowest BCUT2D eigenvalue weighted by Crippen LogP contribution is -2.31. The van der Waals surface area contributed by atoms with E-state index in [1.807, 2.05) is 87.5 Å². The van der Waals surface area contributed by atoms with Crippen molar-refractivity contribution in [1.82, 2.24) is 14.8 Å². The van der Waals surface area contributed by atoms with E-state index in [-0.39, 0.29) is 5.91 Å². The molecule has 0 aliphatic carbocycles. The molecule has 1 aliphatic rings. The Balaban J connectivity index is 1.50. The lowest BCUT2D eigenvalue weighted by molar-refractivity contribution is -0.113. The number of benzene rings is 3. The van der Waals surface area contributed by atoms with E-state index < -0.39 is 6.04 Å². The second kappa shape index (κ2) is 10.6. The summed E-state index contributed by atoms with van der Waals surface area (Å²) in [7, 11) is 0. The van der Waals surface area contributed by atoms with E-state index >= 15 is 0 Å². The molecule has 0 radical (unpaired) electrons. The Morgan fingerprint density at radius 1 is 1.03 bits per heavy atom. The molecule has 0 bridgehead atoms. The number of hydrogen-bond donors (Lipinski definition) is 2. The van der Waals surface area contributed by atoms with Crippen LogP contribution in [0.15, 0.2) is 83.2 Å². The Bertz CT molecular complexity index is 1530. The van der Waals surface area contributed by atoms with E-state index in [1.54, 1.807) is 4.68 Å². The van der Waals surface area contributed by atoms with E-state index in [0.29, 0.717) is 38.2 Å². The highest BCUT2D eigenvalue weighted by molar-refractivity contribution is 7.98. The Morgan fingerprint density at radius 3 is 2.51 bits per heavy atom. The number of carbonyl (C=O) groups excluding carboxylic acids is 1. The number of anilines is 2. The van der Waals surface area contributed by atoms with E-state index in [0.717, 1.165) is 27.9 Å². The van der Waals surface area contributed by atoms with Crippen LogP contribution < -0.4 is 10.6 Å². The summed E-state index contributed by atoms with van der Waals surface area (Å²) in [4.78, 5) is 18.4. The maximum atomic E-state index is 13.7. The fraction of sp³-hybridized carbons (Fsp3) is 0.179. The third-order valence-corrected chi connectivity index (χ3v) is 7.51. The second-order valence-corrected chi connectivity index (χ2v) is 10.8. The van der Waals surface area contributed by atoms with Crippen LogP contribution in [-0.2, 0) is 10.5 Å². The van der Waals surface area contributed by atoms with Gasteiger partial charge in [0.2, 0.25) is 11.1 Å². The first-order valence-electron chi connectivity index (χ1n) is 11.7. The third kappa shape index (κ3) is 5.54. The van der Waals surface area contributed by atoms with Crippen molar-refractivity contribution < 1.29 is 4.79 Å². The molecule has 5 rings (SSSR count). The zero-order valence-corrected chi connectivity index (χ0v) is 22.9. The van der Waals surface area contributed by atoms with Crippen LogP contribution in [0.4, 0.5) is 11.6 Å². The highest BCUT2D eigenvalue weighted by Gasteiger charge is 2.34. The summed E-state index contributed by atoms with van der Waals surface area (Å²) in [6, 6.07) is 20.7. The monoisotopic (exact) mass is 549 g/mol. The Hall–Kier alpha value is -3.26. The van der Waals surface area contributed by atoms with Gasteiger partial charge in [0.05, 0.1) is 5.57 Å². The summed E-state index contributed by atoms with van der Waals surface area (Å²) < 4.78 is 1.76. The molecule has 1 amide bonds. The Labute approximate surface area is 230 Å². The van der Waals surface area contributed by atoms with Crippen molar-refractivity contribution in [3.63, 3.8) is 0 Å². The van der Waals surface area contributed by atoms with Gasteiger partial charge >= 0.3 is 0 Å². The molecule has 1 atom stereocenters. The van der Waals surface area contributed by atoms with Crippen molar-refractivity contribution in [2.75, 3.05) is 10.6 Å². The van der Waals surface area contributed by atoms with Crippen molar-refractivity contribution >= 4 is 52.5 Å². The fourth-order valence-electron chi connectivity index (χ4n) is 4.39. The van der Waals surface area contributed by atoms with Gasteiger partial charge in [-0.2, -0.15) is 4.98 Å². The highest BCUT2D eigenvalue weighted by atomic mass is 35.5. The Kier molecular flexibility index (Phi) is 7.29. The van der Waals surface area contributed by atoms with E-state index in [4.69, 9.17) is 33.3 Å². The number of thioether (sulfide) groups is 1. The summed E-state index contributed by atoms with van der Waals surface area (Å²) in [5.74, 6) is 1.02. The van der Waals surface area contributed by atoms with Crippen LogP contribution in [-0.4, -0.2) is 20.7 Å². The quantitative estimate of drug-likeness (QED) is 0.245. The Morgan fingerprint density at radius 2 is 1.78 bits per heavy atom. The van der Waals surface area contributed by atoms with E-state index in [1.165, 1.54) is 11.8 Å². The van der Waals surface area contributed by atoms with Crippen LogP contribution in [0, 0.1) is 13.8 Å². The van der Waals surface area contributed by atoms with Gasteiger partial charge in [-0.25, -0.2) is 4.68 Å². The molecule has 1 aliphatic heterocycles. The first kappa shape index (κ1) is 25.4. The zero-order valence-electron chi connectivity index (χ0n) is 20.5. The number of hydrogen-bond acceptors (Lipinski definition) is 5. The average molecular weight is 551 g/mol. The van der Waals surface area contributed by atoms with Gasteiger partial charge < -0.3 is 10.6 Å². The minimum atomic E-state index is -0.506. The number of allylic oxidation sites excluding steroid dienone is 1. The van der Waals surface area contributed by atoms with Crippen LogP contribution in [0.1, 0.15) is 35.2 Å². The fourth-order valence-corrected chi connectivity index (χ4v) is 5.57. The lowest BCUT2D eigenvalue weighted by atomic mass is 9.95. The highest BCUT2D eigenvalue weighted by Crippen LogP contribution is 2.38. The van der Waals surface area contributed by atoms with Gasteiger partial charge in [0.15, 0.2) is 0 Å². The number of fused-ring (bicyclic) bond motifs is 1. The molecule has 0 saturated heterocycles. The van der Waals surface area contributed by atoms with E-state index in [9.17, 15) is 4.79 Å². The maximum Gasteiger partial charge on any atom is 0.255 e. The molecule has 0 spiro atoms. The summed E-state index contributed by atoms with van der Waals surface area (Å²) in [5.41, 5.74) is 6.07. The minimum Gasteiger partial charge on any atom is -0.328 e. The minimum absolute atomic E-state index is 0.212. The SMILES string of the molecule is CC1=C(C(=O)Nc2ccc(C)cc2C)C(c2cccc(Cl)c2)n2nc(SCc3cccc(Cl)c3)nc2N1. The maximum absolute atomic E-state index is 13.7. The molecule has 37 heavy (non-hydrogen) atoms. The molecule has 1 aromatic heterocycles. The van der Waals surface area contributed by atoms with Crippen LogP contribution in [0.2, 0.25) is 10.0 Å². The molecule has 1 unspecified atom stereocenters. The van der Waals surface area contributed by atoms with Crippen LogP contribution in [0.25, 0.3) is 0 Å². The van der Waals surface area contributed by atoms with Crippen LogP contribution in [0.3, 0.4) is 0 Å². The smallest absolute Gasteiger partial charge is 0.255 e. The first-order valence-corrected chi connectivity index (χ1v) is 13.5. The molecular weight excluding hydrogens is 525 g/mol. The topological polar surface area (TPSA) is 71.8 Å². The summed E-state index contributed by atoms with van der Waals surface area (Å²) in [6.07, 6.45) is 0. The molecular formula is C28H25Cl2N5OS. The van der Waals surface area contributed by atoms with Gasteiger partial charge in [0, 0.05) is 27.2 Å². The van der Waals surface area contributed by atoms with Crippen LogP contribution >= 0.6 is 35.0 Å². The number of nitrogens with zero attached hydrogens (tertiary/aromatic N) is 3. The normalized spacial score (nSPS) is 14.8.